The predicted octanol–water partition coefficient (Wildman–Crippen LogP) is 1.39. The molecule has 2 aromatic heterocycles. The van der Waals surface area contributed by atoms with Gasteiger partial charge < -0.3 is 14.3 Å². The second-order valence-electron chi connectivity index (χ2n) is 3.85. The summed E-state index contributed by atoms with van der Waals surface area (Å²) in [5, 5.41) is 2.72. The lowest BCUT2D eigenvalue weighted by molar-refractivity contribution is 0.0950. The second-order valence-corrected chi connectivity index (χ2v) is 3.85. The molecule has 0 unspecified atom stereocenters. The highest BCUT2D eigenvalue weighted by molar-refractivity contribution is 5.93. The minimum atomic E-state index is -0.267. The Morgan fingerprint density at radius 3 is 2.89 bits per heavy atom. The number of rotatable bonds is 4. The summed E-state index contributed by atoms with van der Waals surface area (Å²) in [6.07, 6.45) is 4.73. The average molecular weight is 246 g/mol. The minimum absolute atomic E-state index is 0.173. The van der Waals surface area contributed by atoms with Crippen molar-refractivity contribution in [3.05, 3.63) is 58.4 Å². The van der Waals surface area contributed by atoms with Gasteiger partial charge in [-0.3, -0.25) is 9.59 Å². The molecule has 2 heterocycles. The van der Waals surface area contributed by atoms with Crippen LogP contribution >= 0.6 is 0 Å². The van der Waals surface area contributed by atoms with E-state index in [1.54, 1.807) is 30.9 Å². The SMILES string of the molecule is CCn1ccc(C(=O)NCc2ccoc2)cc1=O. The molecule has 1 N–H and O–H groups in total. The van der Waals surface area contributed by atoms with Gasteiger partial charge in [-0.2, -0.15) is 0 Å². The average Bonchev–Trinajstić information content (AvgIpc) is 2.89. The molecule has 0 fully saturated rings. The first-order chi connectivity index (χ1) is 8.70. The van der Waals surface area contributed by atoms with Gasteiger partial charge >= 0.3 is 0 Å². The standard InChI is InChI=1S/C13H14N2O3/c1-2-15-5-3-11(7-12(15)16)13(17)14-8-10-4-6-18-9-10/h3-7,9H,2,8H2,1H3,(H,14,17). The zero-order chi connectivity index (χ0) is 13.0. The number of pyridine rings is 1. The second kappa shape index (κ2) is 5.35. The van der Waals surface area contributed by atoms with E-state index >= 15 is 0 Å². The van der Waals surface area contributed by atoms with E-state index in [0.29, 0.717) is 18.7 Å². The van der Waals surface area contributed by atoms with E-state index in [1.807, 2.05) is 6.92 Å². The maximum atomic E-state index is 11.8. The van der Waals surface area contributed by atoms with Crippen LogP contribution in [0.3, 0.4) is 0 Å². The Balaban J connectivity index is 2.05. The van der Waals surface area contributed by atoms with Crippen LogP contribution in [-0.2, 0) is 13.1 Å². The predicted molar refractivity (Wildman–Crippen MR) is 66.3 cm³/mol. The van der Waals surface area contributed by atoms with Gasteiger partial charge in [0, 0.05) is 36.5 Å². The molecule has 0 saturated carbocycles. The number of aryl methyl sites for hydroxylation is 1. The third-order valence-electron chi connectivity index (χ3n) is 2.63. The normalized spacial score (nSPS) is 10.3. The molecule has 0 bridgehead atoms. The van der Waals surface area contributed by atoms with E-state index < -0.39 is 0 Å². The van der Waals surface area contributed by atoms with E-state index in [0.717, 1.165) is 5.56 Å². The Bertz CT molecular complexity index is 585. The maximum Gasteiger partial charge on any atom is 0.251 e. The first-order valence-corrected chi connectivity index (χ1v) is 5.70. The van der Waals surface area contributed by atoms with E-state index in [2.05, 4.69) is 5.32 Å². The highest BCUT2D eigenvalue weighted by atomic mass is 16.3. The molecule has 0 radical (unpaired) electrons. The Hall–Kier alpha value is -2.30. The van der Waals surface area contributed by atoms with Crippen LogP contribution in [0.2, 0.25) is 0 Å². The Morgan fingerprint density at radius 1 is 1.44 bits per heavy atom. The van der Waals surface area contributed by atoms with Crippen molar-refractivity contribution < 1.29 is 9.21 Å². The fraction of sp³-hybridized carbons (Fsp3) is 0.231. The van der Waals surface area contributed by atoms with Crippen molar-refractivity contribution in [1.82, 2.24) is 9.88 Å². The molecule has 0 aliphatic carbocycles. The van der Waals surface area contributed by atoms with Crippen molar-refractivity contribution in [3.8, 4) is 0 Å². The number of carbonyl (C=O) groups excluding carboxylic acids is 1. The van der Waals surface area contributed by atoms with Gasteiger partial charge in [-0.25, -0.2) is 0 Å². The summed E-state index contributed by atoms with van der Waals surface area (Å²) in [6, 6.07) is 4.75. The van der Waals surface area contributed by atoms with Gasteiger partial charge in [0.15, 0.2) is 0 Å². The number of carbonyl (C=O) groups is 1. The van der Waals surface area contributed by atoms with E-state index in [9.17, 15) is 9.59 Å². The summed E-state index contributed by atoms with van der Waals surface area (Å²) < 4.78 is 6.43. The fourth-order valence-corrected chi connectivity index (χ4v) is 1.59. The molecule has 0 aromatic carbocycles. The number of aromatic nitrogens is 1. The van der Waals surface area contributed by atoms with Gasteiger partial charge in [0.25, 0.3) is 11.5 Å². The van der Waals surface area contributed by atoms with Crippen LogP contribution in [0.5, 0.6) is 0 Å². The van der Waals surface area contributed by atoms with Gasteiger partial charge in [0.05, 0.1) is 12.5 Å². The van der Waals surface area contributed by atoms with E-state index in [1.165, 1.54) is 10.6 Å². The van der Waals surface area contributed by atoms with Crippen LogP contribution in [-0.4, -0.2) is 10.5 Å². The van der Waals surface area contributed by atoms with Gasteiger partial charge in [-0.1, -0.05) is 0 Å². The lowest BCUT2D eigenvalue weighted by Crippen LogP contribution is -2.26. The molecule has 1 amide bonds. The number of nitrogens with one attached hydrogen (secondary N) is 1. The van der Waals surface area contributed by atoms with Crippen LogP contribution in [0.15, 0.2) is 46.1 Å². The molecule has 5 heteroatoms. The monoisotopic (exact) mass is 246 g/mol. The Morgan fingerprint density at radius 2 is 2.28 bits per heavy atom. The van der Waals surface area contributed by atoms with Crippen molar-refractivity contribution in [1.29, 1.82) is 0 Å². The topological polar surface area (TPSA) is 64.2 Å². The molecule has 18 heavy (non-hydrogen) atoms. The van der Waals surface area contributed by atoms with Crippen molar-refractivity contribution in [2.75, 3.05) is 0 Å². The number of nitrogens with zero attached hydrogens (tertiary/aromatic N) is 1. The summed E-state index contributed by atoms with van der Waals surface area (Å²) in [5.41, 5.74) is 1.08. The first-order valence-electron chi connectivity index (χ1n) is 5.70. The third kappa shape index (κ3) is 2.68. The molecule has 2 aromatic rings. The van der Waals surface area contributed by atoms with Crippen LogP contribution in [0.1, 0.15) is 22.8 Å². The molecule has 0 saturated heterocycles. The number of amides is 1. The first kappa shape index (κ1) is 12.2. The Labute approximate surface area is 104 Å². The molecule has 0 aliphatic heterocycles. The highest BCUT2D eigenvalue weighted by Gasteiger charge is 2.07. The fourth-order valence-electron chi connectivity index (χ4n) is 1.59. The maximum absolute atomic E-state index is 11.8. The highest BCUT2D eigenvalue weighted by Crippen LogP contribution is 2.00. The number of hydrogen-bond donors (Lipinski definition) is 1. The van der Waals surface area contributed by atoms with Crippen LogP contribution in [0.4, 0.5) is 0 Å². The largest absolute Gasteiger partial charge is 0.472 e. The minimum Gasteiger partial charge on any atom is -0.472 e. The molecule has 0 aliphatic rings. The van der Waals surface area contributed by atoms with Crippen molar-refractivity contribution >= 4 is 5.91 Å². The zero-order valence-electron chi connectivity index (χ0n) is 10.1. The van der Waals surface area contributed by atoms with Gasteiger partial charge in [0.2, 0.25) is 0 Å². The smallest absolute Gasteiger partial charge is 0.251 e. The molecule has 94 valence electrons. The molecule has 5 nitrogen and oxygen atoms in total. The Kier molecular flexibility index (Phi) is 3.62. The molecule has 0 atom stereocenters. The van der Waals surface area contributed by atoms with Crippen molar-refractivity contribution in [3.63, 3.8) is 0 Å². The summed E-state index contributed by atoms with van der Waals surface area (Å²) in [6.45, 7) is 2.85. The van der Waals surface area contributed by atoms with Gasteiger partial charge in [-0.05, 0) is 19.1 Å². The van der Waals surface area contributed by atoms with Crippen LogP contribution in [0, 0.1) is 0 Å². The summed E-state index contributed by atoms with van der Waals surface area (Å²) in [7, 11) is 0. The number of furan rings is 1. The molecular formula is C13H14N2O3. The van der Waals surface area contributed by atoms with Gasteiger partial charge in [0.1, 0.15) is 0 Å². The molecule has 0 spiro atoms. The lowest BCUT2D eigenvalue weighted by Gasteiger charge is -2.05. The van der Waals surface area contributed by atoms with E-state index in [-0.39, 0.29) is 11.5 Å². The van der Waals surface area contributed by atoms with Gasteiger partial charge in [-0.15, -0.1) is 0 Å². The summed E-state index contributed by atoms with van der Waals surface area (Å²) in [4.78, 5) is 23.4. The van der Waals surface area contributed by atoms with Crippen molar-refractivity contribution in [2.45, 2.75) is 20.0 Å². The zero-order valence-corrected chi connectivity index (χ0v) is 10.1. The van der Waals surface area contributed by atoms with Crippen LogP contribution < -0.4 is 10.9 Å². The number of hydrogen-bond acceptors (Lipinski definition) is 3. The quantitative estimate of drug-likeness (QED) is 0.886. The molecule has 2 rings (SSSR count). The summed E-state index contributed by atoms with van der Waals surface area (Å²) >= 11 is 0. The van der Waals surface area contributed by atoms with Crippen LogP contribution in [0.25, 0.3) is 0 Å². The third-order valence-corrected chi connectivity index (χ3v) is 2.63. The van der Waals surface area contributed by atoms with Crippen molar-refractivity contribution in [2.24, 2.45) is 0 Å². The van der Waals surface area contributed by atoms with E-state index in [4.69, 9.17) is 4.42 Å². The summed E-state index contributed by atoms with van der Waals surface area (Å²) in [5.74, 6) is -0.267. The lowest BCUT2D eigenvalue weighted by atomic mass is 10.2. The molecular weight excluding hydrogens is 232 g/mol.